The minimum absolute atomic E-state index is 0.222. The number of amides is 2. The van der Waals surface area contributed by atoms with Gasteiger partial charge in [0, 0.05) is 5.69 Å². The Morgan fingerprint density at radius 1 is 0.788 bits per heavy atom. The maximum atomic E-state index is 13.5. The molecule has 0 atom stereocenters. The summed E-state index contributed by atoms with van der Waals surface area (Å²) in [6.07, 6.45) is 1.85. The van der Waals surface area contributed by atoms with E-state index in [9.17, 15) is 9.59 Å². The largest absolute Gasteiger partial charge is 0.494 e. The van der Waals surface area contributed by atoms with E-state index in [0.29, 0.717) is 23.4 Å². The lowest BCUT2D eigenvalue weighted by molar-refractivity contribution is -0.137. The average molecular weight is 441 g/mol. The number of carbonyl (C=O) groups is 2. The normalized spacial score (nSPS) is 13.6. The Hall–Kier alpha value is -3.86. The number of carbonyl (C=O) groups excluding carboxylic acids is 2. The average Bonchev–Trinajstić information content (AvgIpc) is 3.08. The maximum absolute atomic E-state index is 13.5. The van der Waals surface area contributed by atoms with Gasteiger partial charge < -0.3 is 10.1 Å². The third kappa shape index (κ3) is 4.98. The van der Waals surface area contributed by atoms with Gasteiger partial charge in [0.1, 0.15) is 11.4 Å². The van der Waals surface area contributed by atoms with Crippen molar-refractivity contribution >= 4 is 23.1 Å². The lowest BCUT2D eigenvalue weighted by Gasteiger charge is -2.15. The highest BCUT2D eigenvalue weighted by atomic mass is 16.5. The summed E-state index contributed by atoms with van der Waals surface area (Å²) in [5.41, 5.74) is 4.22. The van der Waals surface area contributed by atoms with Crippen LogP contribution in [0.5, 0.6) is 5.75 Å². The van der Waals surface area contributed by atoms with E-state index in [1.54, 1.807) is 0 Å². The van der Waals surface area contributed by atoms with Gasteiger partial charge in [-0.2, -0.15) is 0 Å². The van der Waals surface area contributed by atoms with Crippen molar-refractivity contribution in [3.8, 4) is 5.75 Å². The first kappa shape index (κ1) is 22.3. The van der Waals surface area contributed by atoms with Gasteiger partial charge in [0.25, 0.3) is 11.8 Å². The molecule has 1 aliphatic rings. The molecule has 1 heterocycles. The first-order valence-corrected chi connectivity index (χ1v) is 11.3. The zero-order valence-corrected chi connectivity index (χ0v) is 19.0. The molecule has 3 aromatic rings. The number of rotatable bonds is 9. The molecule has 0 aliphatic carbocycles. The van der Waals surface area contributed by atoms with Gasteiger partial charge in [0.2, 0.25) is 0 Å². The van der Waals surface area contributed by atoms with E-state index in [1.807, 2.05) is 85.8 Å². The second kappa shape index (κ2) is 10.2. The van der Waals surface area contributed by atoms with Crippen molar-refractivity contribution < 1.29 is 14.3 Å². The molecule has 168 valence electrons. The highest BCUT2D eigenvalue weighted by Gasteiger charge is 2.39. The molecule has 0 spiro atoms. The molecule has 0 saturated carbocycles. The number of nitrogens with one attached hydrogen (secondary N) is 1. The molecule has 0 saturated heterocycles. The predicted octanol–water partition coefficient (Wildman–Crippen LogP) is 5.43. The zero-order valence-electron chi connectivity index (χ0n) is 19.0. The summed E-state index contributed by atoms with van der Waals surface area (Å²) in [5, 5.41) is 3.22. The molecule has 1 N–H and O–H groups in total. The van der Waals surface area contributed by atoms with Crippen LogP contribution in [0.2, 0.25) is 0 Å². The van der Waals surface area contributed by atoms with Crippen molar-refractivity contribution in [2.75, 3.05) is 11.9 Å². The fourth-order valence-electron chi connectivity index (χ4n) is 3.78. The zero-order chi connectivity index (χ0) is 23.2. The molecule has 0 radical (unpaired) electrons. The third-order valence-corrected chi connectivity index (χ3v) is 5.60. The van der Waals surface area contributed by atoms with Gasteiger partial charge >= 0.3 is 0 Å². The van der Waals surface area contributed by atoms with Crippen molar-refractivity contribution in [3.63, 3.8) is 0 Å². The molecular weight excluding hydrogens is 412 g/mol. The Kier molecular flexibility index (Phi) is 6.89. The molecule has 5 heteroatoms. The van der Waals surface area contributed by atoms with Crippen LogP contribution in [0, 0.1) is 0 Å². The Balaban J connectivity index is 1.68. The minimum atomic E-state index is -0.329. The second-order valence-electron chi connectivity index (χ2n) is 7.98. The quantitative estimate of drug-likeness (QED) is 0.451. The lowest BCUT2D eigenvalue weighted by atomic mass is 10.0. The van der Waals surface area contributed by atoms with Crippen molar-refractivity contribution in [3.05, 3.63) is 101 Å². The van der Waals surface area contributed by atoms with Crippen LogP contribution in [0.25, 0.3) is 5.57 Å². The van der Waals surface area contributed by atoms with Gasteiger partial charge in [0.05, 0.1) is 18.7 Å². The van der Waals surface area contributed by atoms with Gasteiger partial charge in [-0.15, -0.1) is 0 Å². The molecule has 2 amide bonds. The summed E-state index contributed by atoms with van der Waals surface area (Å²) >= 11 is 0. The van der Waals surface area contributed by atoms with Crippen LogP contribution in [-0.4, -0.2) is 23.3 Å². The Labute approximate surface area is 194 Å². The molecule has 33 heavy (non-hydrogen) atoms. The second-order valence-corrected chi connectivity index (χ2v) is 7.98. The van der Waals surface area contributed by atoms with Crippen LogP contribution in [0.3, 0.4) is 0 Å². The van der Waals surface area contributed by atoms with Crippen LogP contribution in [0.1, 0.15) is 37.0 Å². The van der Waals surface area contributed by atoms with E-state index in [0.717, 1.165) is 29.8 Å². The van der Waals surface area contributed by atoms with E-state index in [-0.39, 0.29) is 18.4 Å². The smallest absolute Gasteiger partial charge is 0.278 e. The highest BCUT2D eigenvalue weighted by Crippen LogP contribution is 2.32. The number of hydrogen-bond acceptors (Lipinski definition) is 4. The summed E-state index contributed by atoms with van der Waals surface area (Å²) in [7, 11) is 0. The van der Waals surface area contributed by atoms with Crippen molar-refractivity contribution in [1.82, 2.24) is 4.90 Å². The lowest BCUT2D eigenvalue weighted by Crippen LogP contribution is -2.31. The van der Waals surface area contributed by atoms with E-state index < -0.39 is 0 Å². The summed E-state index contributed by atoms with van der Waals surface area (Å²) in [6.45, 7) is 5.00. The molecule has 4 rings (SSSR count). The van der Waals surface area contributed by atoms with Gasteiger partial charge in [-0.05, 0) is 53.8 Å². The van der Waals surface area contributed by atoms with Gasteiger partial charge in [-0.3, -0.25) is 14.5 Å². The van der Waals surface area contributed by atoms with E-state index in [1.165, 1.54) is 10.5 Å². The van der Waals surface area contributed by atoms with E-state index >= 15 is 0 Å². The van der Waals surface area contributed by atoms with Crippen LogP contribution in [-0.2, 0) is 22.6 Å². The molecule has 0 bridgehead atoms. The van der Waals surface area contributed by atoms with Crippen LogP contribution in [0.15, 0.2) is 84.6 Å². The molecular formula is C28H28N2O3. The van der Waals surface area contributed by atoms with Crippen LogP contribution in [0.4, 0.5) is 5.69 Å². The van der Waals surface area contributed by atoms with Crippen molar-refractivity contribution in [2.24, 2.45) is 0 Å². The number of aryl methyl sites for hydroxylation is 1. The van der Waals surface area contributed by atoms with E-state index in [2.05, 4.69) is 12.2 Å². The number of imide groups is 1. The maximum Gasteiger partial charge on any atom is 0.278 e. The molecule has 5 nitrogen and oxygen atoms in total. The van der Waals surface area contributed by atoms with Gasteiger partial charge in [-0.1, -0.05) is 68.4 Å². The third-order valence-electron chi connectivity index (χ3n) is 5.60. The summed E-state index contributed by atoms with van der Waals surface area (Å²) < 4.78 is 5.67. The Morgan fingerprint density at radius 2 is 1.48 bits per heavy atom. The van der Waals surface area contributed by atoms with E-state index in [4.69, 9.17) is 4.74 Å². The van der Waals surface area contributed by atoms with Crippen molar-refractivity contribution in [2.45, 2.75) is 33.2 Å². The van der Waals surface area contributed by atoms with Crippen LogP contribution >= 0.6 is 0 Å². The fraction of sp³-hybridized carbons (Fsp3) is 0.214. The summed E-state index contributed by atoms with van der Waals surface area (Å²) in [5.74, 6) is 0.104. The molecule has 3 aromatic carbocycles. The standard InChI is InChI=1S/C28H28N2O3/c1-3-18-33-24-16-12-22(13-17-24)25-26(29-23-14-10-20(4-2)11-15-23)28(32)30(27(25)31)19-21-8-6-5-7-9-21/h5-17,29H,3-4,18-19H2,1-2H3. The first-order valence-electron chi connectivity index (χ1n) is 11.3. The first-order chi connectivity index (χ1) is 16.1. The van der Waals surface area contributed by atoms with Gasteiger partial charge in [-0.25, -0.2) is 0 Å². The van der Waals surface area contributed by atoms with Crippen LogP contribution < -0.4 is 10.1 Å². The molecule has 0 unspecified atom stereocenters. The predicted molar refractivity (Wildman–Crippen MR) is 131 cm³/mol. The number of hydrogen-bond donors (Lipinski definition) is 1. The van der Waals surface area contributed by atoms with Crippen molar-refractivity contribution in [1.29, 1.82) is 0 Å². The summed E-state index contributed by atoms with van der Waals surface area (Å²) in [4.78, 5) is 28.2. The number of ether oxygens (including phenoxy) is 1. The SMILES string of the molecule is CCCOc1ccc(C2=C(Nc3ccc(CC)cc3)C(=O)N(Cc3ccccc3)C2=O)cc1. The summed E-state index contributed by atoms with van der Waals surface area (Å²) in [6, 6.07) is 24.8. The molecule has 1 aliphatic heterocycles. The monoisotopic (exact) mass is 440 g/mol. The number of benzene rings is 3. The molecule has 0 fully saturated rings. The minimum Gasteiger partial charge on any atom is -0.494 e. The number of anilines is 1. The Morgan fingerprint density at radius 3 is 2.12 bits per heavy atom. The van der Waals surface area contributed by atoms with Gasteiger partial charge in [0.15, 0.2) is 0 Å². The fourth-order valence-corrected chi connectivity index (χ4v) is 3.78. The highest BCUT2D eigenvalue weighted by molar-refractivity contribution is 6.36. The molecule has 0 aromatic heterocycles. The topological polar surface area (TPSA) is 58.6 Å². The Bertz CT molecular complexity index is 1150. The number of nitrogens with zero attached hydrogens (tertiary/aromatic N) is 1.